The van der Waals surface area contributed by atoms with Gasteiger partial charge in [0.05, 0.1) is 13.7 Å². The summed E-state index contributed by atoms with van der Waals surface area (Å²) in [6.45, 7) is 5.09. The number of piperazine rings is 1. The molecule has 114 valence electrons. The van der Waals surface area contributed by atoms with Gasteiger partial charge in [-0.1, -0.05) is 33.8 Å². The van der Waals surface area contributed by atoms with E-state index in [2.05, 4.69) is 48.9 Å². The highest BCUT2D eigenvalue weighted by Crippen LogP contribution is 2.27. The van der Waals surface area contributed by atoms with Crippen molar-refractivity contribution in [3.8, 4) is 5.75 Å². The van der Waals surface area contributed by atoms with Gasteiger partial charge in [-0.25, -0.2) is 0 Å². The van der Waals surface area contributed by atoms with E-state index < -0.39 is 0 Å². The highest BCUT2D eigenvalue weighted by molar-refractivity contribution is 9.09. The first-order chi connectivity index (χ1) is 10.3. The van der Waals surface area contributed by atoms with Crippen molar-refractivity contribution >= 4 is 38.5 Å². The molecule has 2 aliphatic rings. The van der Waals surface area contributed by atoms with E-state index >= 15 is 0 Å². The number of benzene rings is 1. The number of hydrogen-bond acceptors (Lipinski definition) is 5. The number of hydrogen-bond donors (Lipinski definition) is 0. The van der Waals surface area contributed by atoms with Gasteiger partial charge in [-0.3, -0.25) is 4.99 Å². The molecule has 0 aromatic heterocycles. The molecule has 4 nitrogen and oxygen atoms in total. The van der Waals surface area contributed by atoms with Crippen LogP contribution >= 0.6 is 27.7 Å². The Hall–Kier alpha value is -0.880. The summed E-state index contributed by atoms with van der Waals surface area (Å²) in [6.07, 6.45) is 0. The van der Waals surface area contributed by atoms with Crippen LogP contribution in [0.2, 0.25) is 0 Å². The van der Waals surface area contributed by atoms with E-state index in [-0.39, 0.29) is 0 Å². The number of anilines is 1. The van der Waals surface area contributed by atoms with Gasteiger partial charge in [0.25, 0.3) is 0 Å². The molecule has 1 aromatic carbocycles. The SMILES string of the molecule is COc1cccc(N2CCN(C3=NCC(CBr)S3)CC2)c1. The molecule has 1 atom stereocenters. The van der Waals surface area contributed by atoms with E-state index in [1.54, 1.807) is 7.11 Å². The minimum absolute atomic E-state index is 0.608. The second-order valence-corrected chi connectivity index (χ2v) is 7.11. The van der Waals surface area contributed by atoms with E-state index in [0.717, 1.165) is 43.8 Å². The minimum atomic E-state index is 0.608. The van der Waals surface area contributed by atoms with Crippen LogP contribution in [0, 0.1) is 0 Å². The molecule has 2 aliphatic heterocycles. The monoisotopic (exact) mass is 369 g/mol. The number of halogens is 1. The average molecular weight is 370 g/mol. The Balaban J connectivity index is 1.58. The lowest BCUT2D eigenvalue weighted by Crippen LogP contribution is -2.47. The Kier molecular flexibility index (Phi) is 4.95. The zero-order valence-corrected chi connectivity index (χ0v) is 14.6. The predicted octanol–water partition coefficient (Wildman–Crippen LogP) is 2.68. The summed E-state index contributed by atoms with van der Waals surface area (Å²) in [7, 11) is 1.72. The Morgan fingerprint density at radius 1 is 1.29 bits per heavy atom. The second-order valence-electron chi connectivity index (χ2n) is 5.19. The van der Waals surface area contributed by atoms with Gasteiger partial charge in [0, 0.05) is 48.5 Å². The van der Waals surface area contributed by atoms with E-state index in [1.807, 2.05) is 17.8 Å². The average Bonchev–Trinajstić information content (AvgIpc) is 3.04. The van der Waals surface area contributed by atoms with Crippen molar-refractivity contribution in [3.63, 3.8) is 0 Å². The maximum Gasteiger partial charge on any atom is 0.159 e. The highest BCUT2D eigenvalue weighted by atomic mass is 79.9. The maximum absolute atomic E-state index is 5.31. The fourth-order valence-electron chi connectivity index (χ4n) is 2.62. The van der Waals surface area contributed by atoms with E-state index in [0.29, 0.717) is 5.25 Å². The molecule has 6 heteroatoms. The molecule has 0 saturated carbocycles. The fourth-order valence-corrected chi connectivity index (χ4v) is 4.21. The standard InChI is InChI=1S/C15H20BrN3OS/c1-20-13-4-2-3-12(9-13)18-5-7-19(8-6-18)15-17-11-14(10-16)21-15/h2-4,9,14H,5-8,10-11H2,1H3. The maximum atomic E-state index is 5.31. The molecule has 0 amide bonds. The summed E-state index contributed by atoms with van der Waals surface area (Å²) in [6, 6.07) is 8.31. The zero-order chi connectivity index (χ0) is 14.7. The Labute approximate surface area is 138 Å². The third-order valence-electron chi connectivity index (χ3n) is 3.84. The van der Waals surface area contributed by atoms with Gasteiger partial charge >= 0.3 is 0 Å². The summed E-state index contributed by atoms with van der Waals surface area (Å²) in [5.74, 6) is 0.922. The Morgan fingerprint density at radius 2 is 2.05 bits per heavy atom. The van der Waals surface area contributed by atoms with E-state index in [1.165, 1.54) is 10.9 Å². The number of rotatable bonds is 3. The number of ether oxygens (including phenoxy) is 1. The van der Waals surface area contributed by atoms with Crippen LogP contribution in [0.15, 0.2) is 29.3 Å². The van der Waals surface area contributed by atoms with Crippen LogP contribution in [0.3, 0.4) is 0 Å². The minimum Gasteiger partial charge on any atom is -0.497 e. The molecule has 21 heavy (non-hydrogen) atoms. The molecule has 0 radical (unpaired) electrons. The molecule has 1 aromatic rings. The Morgan fingerprint density at radius 3 is 2.71 bits per heavy atom. The summed E-state index contributed by atoms with van der Waals surface area (Å²) in [4.78, 5) is 9.51. The first kappa shape index (κ1) is 15.0. The second kappa shape index (κ2) is 6.92. The molecule has 1 unspecified atom stereocenters. The van der Waals surface area contributed by atoms with Crippen LogP contribution < -0.4 is 9.64 Å². The molecular formula is C15H20BrN3OS. The number of aliphatic imine (C=N–C) groups is 1. The zero-order valence-electron chi connectivity index (χ0n) is 12.2. The third kappa shape index (κ3) is 3.48. The van der Waals surface area contributed by atoms with Gasteiger partial charge in [0.15, 0.2) is 5.17 Å². The molecule has 0 bridgehead atoms. The summed E-state index contributed by atoms with van der Waals surface area (Å²) >= 11 is 5.46. The van der Waals surface area contributed by atoms with Crippen molar-refractivity contribution in [1.29, 1.82) is 0 Å². The van der Waals surface area contributed by atoms with Crippen LogP contribution in [-0.4, -0.2) is 60.5 Å². The van der Waals surface area contributed by atoms with Crippen LogP contribution in [0.1, 0.15) is 0 Å². The normalized spacial score (nSPS) is 22.4. The molecule has 3 rings (SSSR count). The van der Waals surface area contributed by atoms with Crippen LogP contribution in [0.4, 0.5) is 5.69 Å². The summed E-state index contributed by atoms with van der Waals surface area (Å²) in [5, 5.41) is 2.86. The van der Waals surface area contributed by atoms with Gasteiger partial charge in [-0.2, -0.15) is 0 Å². The van der Waals surface area contributed by atoms with Crippen molar-refractivity contribution in [3.05, 3.63) is 24.3 Å². The number of methoxy groups -OCH3 is 1. The van der Waals surface area contributed by atoms with Gasteiger partial charge in [-0.05, 0) is 12.1 Å². The highest BCUT2D eigenvalue weighted by Gasteiger charge is 2.26. The summed E-state index contributed by atoms with van der Waals surface area (Å²) < 4.78 is 5.31. The largest absolute Gasteiger partial charge is 0.497 e. The molecule has 2 heterocycles. The van der Waals surface area contributed by atoms with Crippen molar-refractivity contribution in [2.45, 2.75) is 5.25 Å². The van der Waals surface area contributed by atoms with Gasteiger partial charge in [0.2, 0.25) is 0 Å². The lowest BCUT2D eigenvalue weighted by molar-refractivity contribution is 0.391. The predicted molar refractivity (Wildman–Crippen MR) is 94.3 cm³/mol. The number of thioether (sulfide) groups is 1. The first-order valence-corrected chi connectivity index (χ1v) is 9.21. The van der Waals surface area contributed by atoms with Crippen molar-refractivity contribution in [1.82, 2.24) is 4.90 Å². The molecule has 1 saturated heterocycles. The van der Waals surface area contributed by atoms with Gasteiger partial charge < -0.3 is 14.5 Å². The quantitative estimate of drug-likeness (QED) is 0.765. The number of amidine groups is 1. The number of nitrogens with zero attached hydrogens (tertiary/aromatic N) is 3. The van der Waals surface area contributed by atoms with Crippen molar-refractivity contribution < 1.29 is 4.74 Å². The lowest BCUT2D eigenvalue weighted by atomic mass is 10.2. The molecule has 0 aliphatic carbocycles. The topological polar surface area (TPSA) is 28.1 Å². The van der Waals surface area contributed by atoms with Crippen LogP contribution in [0.5, 0.6) is 5.75 Å². The molecular weight excluding hydrogens is 350 g/mol. The smallest absolute Gasteiger partial charge is 0.159 e. The Bertz CT molecular complexity index is 517. The van der Waals surface area contributed by atoms with Gasteiger partial charge in [0.1, 0.15) is 5.75 Å². The number of alkyl halides is 1. The van der Waals surface area contributed by atoms with E-state index in [9.17, 15) is 0 Å². The molecule has 0 N–H and O–H groups in total. The lowest BCUT2D eigenvalue weighted by Gasteiger charge is -2.37. The van der Waals surface area contributed by atoms with Gasteiger partial charge in [-0.15, -0.1) is 0 Å². The summed E-state index contributed by atoms with van der Waals surface area (Å²) in [5.41, 5.74) is 1.24. The van der Waals surface area contributed by atoms with Crippen molar-refractivity contribution in [2.75, 3.05) is 50.1 Å². The van der Waals surface area contributed by atoms with Crippen LogP contribution in [0.25, 0.3) is 0 Å². The molecule has 1 fully saturated rings. The first-order valence-electron chi connectivity index (χ1n) is 7.21. The van der Waals surface area contributed by atoms with Crippen LogP contribution in [-0.2, 0) is 0 Å². The van der Waals surface area contributed by atoms with Crippen molar-refractivity contribution in [2.24, 2.45) is 4.99 Å². The molecule has 0 spiro atoms. The fraction of sp³-hybridized carbons (Fsp3) is 0.533. The third-order valence-corrected chi connectivity index (χ3v) is 6.30. The van der Waals surface area contributed by atoms with E-state index in [4.69, 9.17) is 4.74 Å².